The van der Waals surface area contributed by atoms with Crippen molar-refractivity contribution in [3.05, 3.63) is 59.4 Å². The Morgan fingerprint density at radius 3 is 2.45 bits per heavy atom. The van der Waals surface area contributed by atoms with Gasteiger partial charge < -0.3 is 20.3 Å². The van der Waals surface area contributed by atoms with Crippen molar-refractivity contribution in [2.75, 3.05) is 6.54 Å². The van der Waals surface area contributed by atoms with Gasteiger partial charge in [-0.2, -0.15) is 5.26 Å². The summed E-state index contributed by atoms with van der Waals surface area (Å²) < 4.78 is 33.1. The number of aromatic nitrogens is 1. The van der Waals surface area contributed by atoms with Crippen molar-refractivity contribution in [2.45, 2.75) is 19.3 Å². The smallest absolute Gasteiger partial charge is 0.311 e. The summed E-state index contributed by atoms with van der Waals surface area (Å²) in [6, 6.07) is 8.95. The highest BCUT2D eigenvalue weighted by Gasteiger charge is 2.44. The molecule has 0 atom stereocenters. The lowest BCUT2D eigenvalue weighted by Crippen LogP contribution is -2.47. The monoisotopic (exact) mass is 453 g/mol. The quantitative estimate of drug-likeness (QED) is 0.516. The maximum atomic E-state index is 13.9. The minimum Gasteiger partial charge on any atom is -0.505 e. The maximum absolute atomic E-state index is 13.9. The third kappa shape index (κ3) is 3.89. The number of fused-ring (bicyclic) bond motifs is 1. The number of nitriles is 1. The number of hydrogen-bond acceptors (Lipinski definition) is 6. The first-order chi connectivity index (χ1) is 15.8. The van der Waals surface area contributed by atoms with Crippen LogP contribution in [-0.2, 0) is 4.79 Å². The van der Waals surface area contributed by atoms with E-state index in [0.717, 1.165) is 18.6 Å². The highest BCUT2D eigenvalue weighted by Crippen LogP contribution is 2.41. The van der Waals surface area contributed by atoms with Gasteiger partial charge in [0.2, 0.25) is 0 Å². The van der Waals surface area contributed by atoms with Gasteiger partial charge in [-0.25, -0.2) is 13.8 Å². The zero-order chi connectivity index (χ0) is 23.8. The number of carbonyl (C=O) groups excluding carboxylic acids is 1. The Hall–Kier alpha value is -4.26. The van der Waals surface area contributed by atoms with Crippen LogP contribution < -0.4 is 10.1 Å². The van der Waals surface area contributed by atoms with Crippen LogP contribution in [0.1, 0.15) is 35.4 Å². The van der Waals surface area contributed by atoms with Gasteiger partial charge in [-0.05, 0) is 43.2 Å². The molecule has 8 nitrogen and oxygen atoms in total. The SMILES string of the molecule is N#Cc1nc(C(=O)NCC2(C(=O)O)CCC2)c(O)c2ccc(Oc3c(F)cccc3F)cc12. The average molecular weight is 453 g/mol. The lowest BCUT2D eigenvalue weighted by atomic mass is 9.69. The maximum Gasteiger partial charge on any atom is 0.311 e. The number of aromatic hydroxyl groups is 1. The molecule has 2 aromatic carbocycles. The summed E-state index contributed by atoms with van der Waals surface area (Å²) in [4.78, 5) is 28.0. The zero-order valence-corrected chi connectivity index (χ0v) is 17.1. The second kappa shape index (κ2) is 8.35. The van der Waals surface area contributed by atoms with Crippen LogP contribution in [0.5, 0.6) is 17.2 Å². The van der Waals surface area contributed by atoms with Crippen LogP contribution in [0.3, 0.4) is 0 Å². The van der Waals surface area contributed by atoms with E-state index in [9.17, 15) is 33.8 Å². The highest BCUT2D eigenvalue weighted by atomic mass is 19.1. The molecule has 33 heavy (non-hydrogen) atoms. The molecule has 168 valence electrons. The van der Waals surface area contributed by atoms with Crippen LogP contribution in [0.25, 0.3) is 10.8 Å². The summed E-state index contributed by atoms with van der Waals surface area (Å²) in [5.41, 5.74) is -1.72. The van der Waals surface area contributed by atoms with Crippen molar-refractivity contribution in [3.8, 4) is 23.3 Å². The third-order valence-corrected chi connectivity index (χ3v) is 5.76. The van der Waals surface area contributed by atoms with Gasteiger partial charge in [-0.15, -0.1) is 0 Å². The normalized spacial score (nSPS) is 14.2. The van der Waals surface area contributed by atoms with Gasteiger partial charge in [0, 0.05) is 17.3 Å². The van der Waals surface area contributed by atoms with Gasteiger partial charge in [0.05, 0.1) is 5.41 Å². The third-order valence-electron chi connectivity index (χ3n) is 5.76. The van der Waals surface area contributed by atoms with Gasteiger partial charge >= 0.3 is 5.97 Å². The number of rotatable bonds is 6. The second-order valence-electron chi connectivity index (χ2n) is 7.75. The van der Waals surface area contributed by atoms with E-state index in [1.807, 2.05) is 6.07 Å². The fraction of sp³-hybridized carbons (Fsp3) is 0.217. The molecular weight excluding hydrogens is 436 g/mol. The van der Waals surface area contributed by atoms with E-state index < -0.39 is 46.1 Å². The number of nitrogens with one attached hydrogen (secondary N) is 1. The first kappa shape index (κ1) is 22.0. The second-order valence-corrected chi connectivity index (χ2v) is 7.75. The number of ether oxygens (including phenoxy) is 1. The summed E-state index contributed by atoms with van der Waals surface area (Å²) in [5.74, 6) is -4.86. The molecule has 0 spiro atoms. The summed E-state index contributed by atoms with van der Waals surface area (Å²) in [7, 11) is 0. The largest absolute Gasteiger partial charge is 0.505 e. The van der Waals surface area contributed by atoms with Crippen molar-refractivity contribution in [3.63, 3.8) is 0 Å². The van der Waals surface area contributed by atoms with E-state index in [0.29, 0.717) is 12.8 Å². The molecule has 1 aliphatic carbocycles. The Morgan fingerprint density at radius 2 is 1.88 bits per heavy atom. The van der Waals surface area contributed by atoms with Crippen LogP contribution in [0.2, 0.25) is 0 Å². The number of pyridine rings is 1. The van der Waals surface area contributed by atoms with Gasteiger partial charge in [0.15, 0.2) is 28.8 Å². The molecule has 10 heteroatoms. The lowest BCUT2D eigenvalue weighted by molar-refractivity contribution is -0.153. The molecule has 1 aliphatic rings. The molecule has 1 fully saturated rings. The molecule has 4 rings (SSSR count). The number of carboxylic acids is 1. The topological polar surface area (TPSA) is 133 Å². The summed E-state index contributed by atoms with van der Waals surface area (Å²) in [6.45, 7) is -0.136. The number of nitrogens with zero attached hydrogens (tertiary/aromatic N) is 2. The predicted octanol–water partition coefficient (Wildman–Crippen LogP) is 3.87. The van der Waals surface area contributed by atoms with Gasteiger partial charge in [-0.1, -0.05) is 12.5 Å². The molecule has 3 aromatic rings. The van der Waals surface area contributed by atoms with Crippen LogP contribution in [0.15, 0.2) is 36.4 Å². The van der Waals surface area contributed by atoms with E-state index in [4.69, 9.17) is 4.74 Å². The van der Waals surface area contributed by atoms with E-state index >= 15 is 0 Å². The molecule has 1 saturated carbocycles. The Labute approximate surface area is 186 Å². The first-order valence-electron chi connectivity index (χ1n) is 9.96. The number of amides is 1. The van der Waals surface area contributed by atoms with Gasteiger partial charge in [-0.3, -0.25) is 9.59 Å². The van der Waals surface area contributed by atoms with Crippen molar-refractivity contribution >= 4 is 22.6 Å². The Morgan fingerprint density at radius 1 is 1.18 bits per heavy atom. The average Bonchev–Trinajstić information content (AvgIpc) is 2.75. The molecule has 3 N–H and O–H groups in total. The Kier molecular flexibility index (Phi) is 5.55. The van der Waals surface area contributed by atoms with Crippen molar-refractivity contribution in [1.29, 1.82) is 5.26 Å². The number of halogens is 2. The van der Waals surface area contributed by atoms with Gasteiger partial charge in [0.25, 0.3) is 5.91 Å². The van der Waals surface area contributed by atoms with E-state index in [1.165, 1.54) is 24.3 Å². The zero-order valence-electron chi connectivity index (χ0n) is 17.1. The minimum absolute atomic E-state index is 0.0187. The molecule has 0 saturated heterocycles. The summed E-state index contributed by atoms with van der Waals surface area (Å²) in [6.07, 6.45) is 1.59. The molecule has 1 amide bonds. The van der Waals surface area contributed by atoms with Gasteiger partial charge in [0.1, 0.15) is 17.5 Å². The van der Waals surface area contributed by atoms with E-state index in [2.05, 4.69) is 10.3 Å². The molecule has 0 bridgehead atoms. The summed E-state index contributed by atoms with van der Waals surface area (Å²) in [5, 5.41) is 32.2. The van der Waals surface area contributed by atoms with Crippen molar-refractivity contribution in [2.24, 2.45) is 5.41 Å². The predicted molar refractivity (Wildman–Crippen MR) is 111 cm³/mol. The molecule has 0 aliphatic heterocycles. The van der Waals surface area contributed by atoms with Crippen molar-refractivity contribution < 1.29 is 33.3 Å². The number of carbonyl (C=O) groups is 2. The van der Waals surface area contributed by atoms with E-state index in [-0.39, 0.29) is 28.8 Å². The highest BCUT2D eigenvalue weighted by molar-refractivity contribution is 6.03. The minimum atomic E-state index is -1.05. The van der Waals surface area contributed by atoms with E-state index in [1.54, 1.807) is 0 Å². The first-order valence-corrected chi connectivity index (χ1v) is 9.96. The fourth-order valence-corrected chi connectivity index (χ4v) is 3.69. The van der Waals surface area contributed by atoms with Crippen molar-refractivity contribution in [1.82, 2.24) is 10.3 Å². The summed E-state index contributed by atoms with van der Waals surface area (Å²) >= 11 is 0. The molecular formula is C23H17F2N3O5. The van der Waals surface area contributed by atoms with Crippen LogP contribution in [0.4, 0.5) is 8.78 Å². The number of para-hydroxylation sites is 1. The standard InChI is InChI=1S/C23H17F2N3O5/c24-15-3-1-4-16(25)20(15)33-12-5-6-13-14(9-12)17(10-26)28-18(19(13)29)21(30)27-11-23(22(31)32)7-2-8-23/h1,3-6,9,29H,2,7-8,11H2,(H,27,30)(H,31,32). The van der Waals surface area contributed by atoms with Crippen LogP contribution in [0, 0.1) is 28.4 Å². The lowest BCUT2D eigenvalue weighted by Gasteiger charge is -2.37. The van der Waals surface area contributed by atoms with Crippen LogP contribution in [-0.4, -0.2) is 33.6 Å². The van der Waals surface area contributed by atoms with Crippen LogP contribution >= 0.6 is 0 Å². The number of carboxylic acid groups (broad SMARTS) is 1. The molecule has 0 unspecified atom stereocenters. The number of benzene rings is 2. The molecule has 1 aromatic heterocycles. The number of hydrogen-bond donors (Lipinski definition) is 3. The fourth-order valence-electron chi connectivity index (χ4n) is 3.69. The molecule has 1 heterocycles. The Balaban J connectivity index is 1.66. The Bertz CT molecular complexity index is 1310. The number of aliphatic carboxylic acids is 1. The molecule has 0 radical (unpaired) electrons.